The van der Waals surface area contributed by atoms with E-state index in [9.17, 15) is 40.8 Å². The number of nitrogens with one attached hydrogen (secondary N) is 3. The maximum Gasteiger partial charge on any atom is 0.573 e. The lowest BCUT2D eigenvalue weighted by Gasteiger charge is -2.30. The van der Waals surface area contributed by atoms with Gasteiger partial charge in [0.2, 0.25) is 27.7 Å². The van der Waals surface area contributed by atoms with Crippen molar-refractivity contribution in [2.45, 2.75) is 132 Å². The minimum absolute atomic E-state index is 0.0769. The fraction of sp³-hybridized carbons (Fsp3) is 0.558. The summed E-state index contributed by atoms with van der Waals surface area (Å²) < 4.78 is 88.4. The Balaban J connectivity index is 1.22. The van der Waals surface area contributed by atoms with Crippen LogP contribution in [0.15, 0.2) is 48.5 Å². The molecule has 62 heavy (non-hydrogen) atoms. The van der Waals surface area contributed by atoms with Gasteiger partial charge in [0.05, 0.1) is 24.6 Å². The molecule has 0 radical (unpaired) electrons. The molecule has 2 aromatic carbocycles. The van der Waals surface area contributed by atoms with Crippen molar-refractivity contribution in [3.8, 4) is 28.6 Å². The third-order valence-corrected chi connectivity index (χ3v) is 13.4. The van der Waals surface area contributed by atoms with Crippen molar-refractivity contribution in [1.29, 1.82) is 0 Å². The number of amides is 4. The van der Waals surface area contributed by atoms with E-state index in [1.165, 1.54) is 24.1 Å². The van der Waals surface area contributed by atoms with E-state index in [-0.39, 0.29) is 37.6 Å². The van der Waals surface area contributed by atoms with Crippen LogP contribution in [-0.2, 0) is 29.1 Å². The predicted molar refractivity (Wildman–Crippen MR) is 219 cm³/mol. The predicted octanol–water partition coefficient (Wildman–Crippen LogP) is 6.28. The minimum Gasteiger partial charge on any atom is -0.497 e. The van der Waals surface area contributed by atoms with Crippen molar-refractivity contribution in [2.24, 2.45) is 5.92 Å². The van der Waals surface area contributed by atoms with Gasteiger partial charge in [-0.1, -0.05) is 32.1 Å². The summed E-state index contributed by atoms with van der Waals surface area (Å²) in [6, 6.07) is 9.71. The summed E-state index contributed by atoms with van der Waals surface area (Å²) in [6.07, 6.45) is -0.980. The fourth-order valence-corrected chi connectivity index (χ4v) is 9.62. The van der Waals surface area contributed by atoms with E-state index in [1.807, 2.05) is 0 Å². The number of alkyl halides is 3. The monoisotopic (exact) mass is 887 g/mol. The molecule has 2 saturated heterocycles. The highest BCUT2D eigenvalue weighted by Gasteiger charge is 2.62. The van der Waals surface area contributed by atoms with Crippen LogP contribution in [0.4, 0.5) is 18.0 Å². The maximum absolute atomic E-state index is 14.7. The Labute approximate surface area is 357 Å². The number of rotatable bonds is 9. The number of carbonyl (C=O) groups excluding carboxylic acids is 4. The molecule has 2 aliphatic carbocycles. The van der Waals surface area contributed by atoms with Gasteiger partial charge in [0.15, 0.2) is 0 Å². The molecule has 4 amide bonds. The lowest BCUT2D eigenvalue weighted by atomic mass is 10.0. The second kappa shape index (κ2) is 17.4. The van der Waals surface area contributed by atoms with E-state index in [1.54, 1.807) is 45.0 Å². The number of pyridine rings is 1. The molecule has 3 heterocycles. The Morgan fingerprint density at radius 2 is 1.60 bits per heavy atom. The molecule has 0 bridgehead atoms. The summed E-state index contributed by atoms with van der Waals surface area (Å²) in [4.78, 5) is 62.3. The third kappa shape index (κ3) is 10.6. The molecule has 0 spiro atoms. The van der Waals surface area contributed by atoms with Gasteiger partial charge in [-0.05, 0) is 113 Å². The topological polar surface area (TPSA) is 192 Å². The van der Waals surface area contributed by atoms with Gasteiger partial charge in [0, 0.05) is 17.4 Å². The highest BCUT2D eigenvalue weighted by molar-refractivity contribution is 7.91. The van der Waals surface area contributed by atoms with Crippen LogP contribution in [-0.4, -0.2) is 96.7 Å². The smallest absolute Gasteiger partial charge is 0.497 e. The zero-order valence-corrected chi connectivity index (χ0v) is 35.8. The summed E-state index contributed by atoms with van der Waals surface area (Å²) >= 11 is 0. The van der Waals surface area contributed by atoms with Gasteiger partial charge >= 0.3 is 12.5 Å². The van der Waals surface area contributed by atoms with Crippen molar-refractivity contribution in [3.05, 3.63) is 48.5 Å². The van der Waals surface area contributed by atoms with E-state index >= 15 is 0 Å². The molecule has 5 atom stereocenters. The molecule has 2 aliphatic heterocycles. The molecule has 336 valence electrons. The summed E-state index contributed by atoms with van der Waals surface area (Å²) in [7, 11) is -2.45. The largest absolute Gasteiger partial charge is 0.573 e. The van der Waals surface area contributed by atoms with Crippen molar-refractivity contribution < 1.29 is 59.7 Å². The number of ether oxygens (including phenoxy) is 4. The number of nitrogens with zero attached hydrogens (tertiary/aromatic N) is 2. The van der Waals surface area contributed by atoms with Gasteiger partial charge in [-0.3, -0.25) is 19.1 Å². The first kappa shape index (κ1) is 44.7. The van der Waals surface area contributed by atoms with Crippen molar-refractivity contribution in [1.82, 2.24) is 25.2 Å². The number of methoxy groups -OCH3 is 1. The van der Waals surface area contributed by atoms with Crippen LogP contribution in [0.25, 0.3) is 22.0 Å². The summed E-state index contributed by atoms with van der Waals surface area (Å²) in [6.45, 7) is 4.94. The van der Waals surface area contributed by atoms with Gasteiger partial charge in [-0.15, -0.1) is 13.2 Å². The number of carbonyl (C=O) groups is 4. The van der Waals surface area contributed by atoms with Crippen LogP contribution < -0.4 is 29.6 Å². The van der Waals surface area contributed by atoms with E-state index in [2.05, 4.69) is 20.1 Å². The Bertz CT molecular complexity index is 2300. The Morgan fingerprint density at radius 1 is 0.919 bits per heavy atom. The SMILES string of the molecule is COc1ccc2c(O[C@@H]3C[C@H]4C(=O)N[C@]5(C(=O)NS(=O)(=O)C6CC6)C[C@H]5CCCCCCC[C@H](NC(=O)OC(C)(C)C)C(=O)N4C3)nc(-c3ccc(OC(F)(F)F)cc3)cc2c1. The minimum atomic E-state index is -4.88. The Kier molecular flexibility index (Phi) is 12.6. The average molecular weight is 888 g/mol. The summed E-state index contributed by atoms with van der Waals surface area (Å²) in [5.41, 5.74) is -1.61. The quantitative estimate of drug-likeness (QED) is 0.219. The van der Waals surface area contributed by atoms with Gasteiger partial charge < -0.3 is 34.5 Å². The van der Waals surface area contributed by atoms with E-state index < -0.39 is 80.5 Å². The number of sulfonamides is 1. The Hall–Kier alpha value is -5.33. The van der Waals surface area contributed by atoms with Crippen LogP contribution in [0.1, 0.15) is 91.4 Å². The highest BCUT2D eigenvalue weighted by Crippen LogP contribution is 2.48. The maximum atomic E-state index is 14.7. The lowest BCUT2D eigenvalue weighted by Crippen LogP contribution is -2.58. The van der Waals surface area contributed by atoms with Crippen molar-refractivity contribution >= 4 is 44.6 Å². The summed E-state index contributed by atoms with van der Waals surface area (Å²) in [5.74, 6) is -2.20. The summed E-state index contributed by atoms with van der Waals surface area (Å²) in [5, 5.41) is 6.08. The molecule has 3 N–H and O–H groups in total. The first-order valence-electron chi connectivity index (χ1n) is 20.9. The standard InChI is InChI=1S/C43H52F3N5O10S/c1-41(2,3)61-40(55)48-33-11-9-7-5-6-8-10-27-23-42(27,39(54)50-62(56,57)31-17-18-31)49-36(52)35-22-30(24-51(35)38(33)53)59-37-32-19-16-29(58-4)20-26(32)21-34(47-37)25-12-14-28(15-13-25)60-43(44,45)46/h12-16,19-21,27,30-31,33,35H,5-11,17-18,22-24H2,1-4H3,(H,48,55)(H,49,52)(H,50,54)/t27-,30-,33+,35+,42-/m1/s1. The molecular formula is C43H52F3N5O10S. The van der Waals surface area contributed by atoms with Crippen LogP contribution >= 0.6 is 0 Å². The lowest BCUT2D eigenvalue weighted by molar-refractivity contribution is -0.274. The molecule has 15 nitrogen and oxygen atoms in total. The normalized spacial score (nSPS) is 25.0. The first-order chi connectivity index (χ1) is 29.2. The van der Waals surface area contributed by atoms with Crippen LogP contribution in [0.5, 0.6) is 17.4 Å². The molecule has 7 rings (SSSR count). The number of alkyl carbamates (subject to hydrolysis) is 1. The molecule has 3 aromatic rings. The first-order valence-corrected chi connectivity index (χ1v) is 22.5. The number of hydrogen-bond donors (Lipinski definition) is 3. The van der Waals surface area contributed by atoms with Gasteiger partial charge in [0.1, 0.15) is 40.8 Å². The molecule has 4 aliphatic rings. The number of halogens is 3. The average Bonchev–Trinajstić information content (AvgIpc) is 4.12. The number of hydrogen-bond acceptors (Lipinski definition) is 11. The second-order valence-electron chi connectivity index (χ2n) is 17.5. The van der Waals surface area contributed by atoms with Crippen molar-refractivity contribution in [3.63, 3.8) is 0 Å². The van der Waals surface area contributed by atoms with E-state index in [0.29, 0.717) is 53.5 Å². The van der Waals surface area contributed by atoms with Crippen LogP contribution in [0.3, 0.4) is 0 Å². The molecule has 1 aromatic heterocycles. The number of aromatic nitrogens is 1. The van der Waals surface area contributed by atoms with Gasteiger partial charge in [0.25, 0.3) is 5.91 Å². The van der Waals surface area contributed by atoms with E-state index in [4.69, 9.17) is 19.2 Å². The molecule has 2 saturated carbocycles. The zero-order chi connectivity index (χ0) is 44.6. The second-order valence-corrected chi connectivity index (χ2v) is 19.5. The van der Waals surface area contributed by atoms with E-state index in [0.717, 1.165) is 37.8 Å². The molecule has 4 fully saturated rings. The van der Waals surface area contributed by atoms with Gasteiger partial charge in [-0.2, -0.15) is 0 Å². The molecule has 0 unspecified atom stereocenters. The highest BCUT2D eigenvalue weighted by atomic mass is 32.2. The van der Waals surface area contributed by atoms with Crippen molar-refractivity contribution in [2.75, 3.05) is 13.7 Å². The zero-order valence-electron chi connectivity index (χ0n) is 35.0. The fourth-order valence-electron chi connectivity index (χ4n) is 8.26. The molecule has 19 heteroatoms. The number of benzene rings is 2. The van der Waals surface area contributed by atoms with Gasteiger partial charge in [-0.25, -0.2) is 18.2 Å². The Morgan fingerprint density at radius 3 is 2.26 bits per heavy atom. The van der Waals surface area contributed by atoms with Crippen LogP contribution in [0.2, 0.25) is 0 Å². The van der Waals surface area contributed by atoms with Crippen LogP contribution in [0, 0.1) is 5.92 Å². The third-order valence-electron chi connectivity index (χ3n) is 11.6. The number of fused-ring (bicyclic) bond motifs is 3. The molecular weight excluding hydrogens is 836 g/mol.